The van der Waals surface area contributed by atoms with Gasteiger partial charge in [0.15, 0.2) is 11.5 Å². The van der Waals surface area contributed by atoms with Crippen molar-refractivity contribution >= 4 is 18.3 Å². The average Bonchev–Trinajstić information content (AvgIpc) is 2.98. The Balaban J connectivity index is 0.00000225. The molecule has 0 saturated carbocycles. The molecule has 1 saturated heterocycles. The molecule has 0 spiro atoms. The zero-order chi connectivity index (χ0) is 18.6. The number of halogens is 1. The van der Waals surface area contributed by atoms with Gasteiger partial charge in [-0.2, -0.15) is 0 Å². The maximum absolute atomic E-state index is 13.3. The van der Waals surface area contributed by atoms with Crippen LogP contribution in [0.5, 0.6) is 17.2 Å². The van der Waals surface area contributed by atoms with Gasteiger partial charge in [0.05, 0.1) is 26.4 Å². The highest BCUT2D eigenvalue weighted by Crippen LogP contribution is 2.34. The first-order valence-corrected chi connectivity index (χ1v) is 9.32. The highest BCUT2D eigenvalue weighted by Gasteiger charge is 2.31. The Morgan fingerprint density at radius 3 is 2.75 bits per heavy atom. The van der Waals surface area contributed by atoms with Crippen LogP contribution in [0.15, 0.2) is 42.5 Å². The molecule has 1 amide bonds. The van der Waals surface area contributed by atoms with Crippen molar-refractivity contribution in [3.8, 4) is 17.2 Å². The second-order valence-corrected chi connectivity index (χ2v) is 6.67. The van der Waals surface area contributed by atoms with Crippen LogP contribution in [-0.2, 0) is 0 Å². The normalized spacial score (nSPS) is 18.6. The van der Waals surface area contributed by atoms with Crippen molar-refractivity contribution < 1.29 is 19.0 Å². The van der Waals surface area contributed by atoms with Crippen molar-refractivity contribution in [2.24, 2.45) is 0 Å². The summed E-state index contributed by atoms with van der Waals surface area (Å²) >= 11 is 0. The summed E-state index contributed by atoms with van der Waals surface area (Å²) in [7, 11) is 1.66. The van der Waals surface area contributed by atoms with Crippen LogP contribution in [0.3, 0.4) is 0 Å². The van der Waals surface area contributed by atoms with E-state index in [1.807, 2.05) is 41.3 Å². The number of methoxy groups -OCH3 is 1. The van der Waals surface area contributed by atoms with Crippen LogP contribution in [0.2, 0.25) is 0 Å². The summed E-state index contributed by atoms with van der Waals surface area (Å²) in [5, 5.41) is 3.39. The number of amides is 1. The highest BCUT2D eigenvalue weighted by atomic mass is 35.5. The zero-order valence-corrected chi connectivity index (χ0v) is 16.7. The molecule has 1 fully saturated rings. The number of benzene rings is 2. The smallest absolute Gasteiger partial charge is 0.254 e. The number of carbonyl (C=O) groups is 1. The summed E-state index contributed by atoms with van der Waals surface area (Å²) in [5.74, 6) is 2.12. The Kier molecular flexibility index (Phi) is 6.65. The quantitative estimate of drug-likeness (QED) is 0.851. The van der Waals surface area contributed by atoms with Gasteiger partial charge in [-0.05, 0) is 24.3 Å². The molecule has 28 heavy (non-hydrogen) atoms. The second kappa shape index (κ2) is 9.17. The largest absolute Gasteiger partial charge is 0.496 e. The summed E-state index contributed by atoms with van der Waals surface area (Å²) in [6.45, 7) is 3.32. The van der Waals surface area contributed by atoms with Gasteiger partial charge < -0.3 is 24.4 Å². The van der Waals surface area contributed by atoms with Gasteiger partial charge in [0.25, 0.3) is 5.91 Å². The second-order valence-electron chi connectivity index (χ2n) is 6.67. The molecule has 2 heterocycles. The van der Waals surface area contributed by atoms with Crippen molar-refractivity contribution in [3.63, 3.8) is 0 Å². The molecule has 0 radical (unpaired) electrons. The fourth-order valence-corrected chi connectivity index (χ4v) is 3.63. The minimum atomic E-state index is -0.0848. The van der Waals surface area contributed by atoms with Crippen molar-refractivity contribution in [3.05, 3.63) is 53.6 Å². The van der Waals surface area contributed by atoms with E-state index in [-0.39, 0.29) is 24.4 Å². The third-order valence-corrected chi connectivity index (χ3v) is 5.00. The monoisotopic (exact) mass is 404 g/mol. The van der Waals surface area contributed by atoms with E-state index < -0.39 is 0 Å². The lowest BCUT2D eigenvalue weighted by atomic mass is 10.0. The molecule has 1 N–H and O–H groups in total. The number of hydrogen-bond donors (Lipinski definition) is 1. The van der Waals surface area contributed by atoms with Gasteiger partial charge in [0.1, 0.15) is 5.75 Å². The fraction of sp³-hybridized carbons (Fsp3) is 0.381. The van der Waals surface area contributed by atoms with Gasteiger partial charge in [-0.25, -0.2) is 0 Å². The molecular weight excluding hydrogens is 380 g/mol. The van der Waals surface area contributed by atoms with Crippen molar-refractivity contribution in [1.29, 1.82) is 0 Å². The number of piperazine rings is 1. The van der Waals surface area contributed by atoms with E-state index >= 15 is 0 Å². The number of ether oxygens (including phenoxy) is 3. The molecular formula is C21H25ClN2O4. The molecule has 0 aliphatic carbocycles. The van der Waals surface area contributed by atoms with Crippen molar-refractivity contribution in [2.75, 3.05) is 40.0 Å². The van der Waals surface area contributed by atoms with Crippen LogP contribution in [0.1, 0.15) is 28.4 Å². The lowest BCUT2D eigenvalue weighted by Crippen LogP contribution is -2.48. The number of carbonyl (C=O) groups excluding carboxylic acids is 1. The van der Waals surface area contributed by atoms with Crippen LogP contribution in [0, 0.1) is 0 Å². The predicted octanol–water partition coefficient (Wildman–Crippen LogP) is 3.07. The van der Waals surface area contributed by atoms with Gasteiger partial charge in [0, 0.05) is 37.2 Å². The number of fused-ring (bicyclic) bond motifs is 1. The molecule has 0 aromatic heterocycles. The van der Waals surface area contributed by atoms with Crippen molar-refractivity contribution in [2.45, 2.75) is 12.5 Å². The summed E-state index contributed by atoms with van der Waals surface area (Å²) in [6.07, 6.45) is 0.839. The molecule has 1 unspecified atom stereocenters. The number of para-hydroxylation sites is 1. The molecule has 2 aromatic rings. The molecule has 2 aliphatic rings. The van der Waals surface area contributed by atoms with E-state index in [0.29, 0.717) is 43.4 Å². The lowest BCUT2D eigenvalue weighted by molar-refractivity contribution is 0.0631. The number of nitrogens with zero attached hydrogens (tertiary/aromatic N) is 1. The summed E-state index contributed by atoms with van der Waals surface area (Å²) in [5.41, 5.74) is 1.62. The third-order valence-electron chi connectivity index (χ3n) is 5.00. The zero-order valence-electron chi connectivity index (χ0n) is 15.8. The van der Waals surface area contributed by atoms with E-state index in [9.17, 15) is 4.79 Å². The average molecular weight is 405 g/mol. The molecule has 4 rings (SSSR count). The van der Waals surface area contributed by atoms with Crippen LogP contribution in [0.25, 0.3) is 0 Å². The van der Waals surface area contributed by atoms with Crippen LogP contribution in [0.4, 0.5) is 0 Å². The number of rotatable bonds is 3. The van der Waals surface area contributed by atoms with E-state index in [2.05, 4.69) is 5.32 Å². The topological polar surface area (TPSA) is 60.0 Å². The van der Waals surface area contributed by atoms with Gasteiger partial charge >= 0.3 is 0 Å². The Morgan fingerprint density at radius 1 is 1.14 bits per heavy atom. The summed E-state index contributed by atoms with van der Waals surface area (Å²) < 4.78 is 16.9. The first-order valence-electron chi connectivity index (χ1n) is 9.32. The minimum absolute atomic E-state index is 0. The minimum Gasteiger partial charge on any atom is -0.496 e. The molecule has 2 aliphatic heterocycles. The van der Waals surface area contributed by atoms with Gasteiger partial charge in [-0.15, -0.1) is 12.4 Å². The maximum Gasteiger partial charge on any atom is 0.254 e. The van der Waals surface area contributed by atoms with E-state index in [1.165, 1.54) is 0 Å². The Labute approximate surface area is 171 Å². The third kappa shape index (κ3) is 4.03. The van der Waals surface area contributed by atoms with Crippen LogP contribution >= 0.6 is 12.4 Å². The Morgan fingerprint density at radius 2 is 1.93 bits per heavy atom. The van der Waals surface area contributed by atoms with Gasteiger partial charge in [-0.3, -0.25) is 4.79 Å². The molecule has 1 atom stereocenters. The SMILES string of the molecule is COc1ccccc1C1CNCCN1C(=O)c1ccc2c(c1)OCCCO2.Cl. The molecule has 150 valence electrons. The first-order chi connectivity index (χ1) is 13.3. The molecule has 7 heteroatoms. The maximum atomic E-state index is 13.3. The van der Waals surface area contributed by atoms with Crippen molar-refractivity contribution in [1.82, 2.24) is 10.2 Å². The highest BCUT2D eigenvalue weighted by molar-refractivity contribution is 5.95. The first kappa shape index (κ1) is 20.3. The number of nitrogens with one attached hydrogen (secondary N) is 1. The lowest BCUT2D eigenvalue weighted by Gasteiger charge is -2.37. The predicted molar refractivity (Wildman–Crippen MR) is 109 cm³/mol. The van der Waals surface area contributed by atoms with E-state index in [4.69, 9.17) is 14.2 Å². The molecule has 2 aromatic carbocycles. The Hall–Kier alpha value is -2.44. The summed E-state index contributed by atoms with van der Waals surface area (Å²) in [6, 6.07) is 13.2. The Bertz CT molecular complexity index is 830. The number of hydrogen-bond acceptors (Lipinski definition) is 5. The van der Waals surface area contributed by atoms with Gasteiger partial charge in [-0.1, -0.05) is 18.2 Å². The van der Waals surface area contributed by atoms with E-state index in [1.54, 1.807) is 13.2 Å². The fourth-order valence-electron chi connectivity index (χ4n) is 3.63. The van der Waals surface area contributed by atoms with Gasteiger partial charge in [0.2, 0.25) is 0 Å². The van der Waals surface area contributed by atoms with E-state index in [0.717, 1.165) is 24.3 Å². The molecule has 6 nitrogen and oxygen atoms in total. The van der Waals surface area contributed by atoms with Crippen LogP contribution in [-0.4, -0.2) is 50.8 Å². The molecule has 0 bridgehead atoms. The summed E-state index contributed by atoms with van der Waals surface area (Å²) in [4.78, 5) is 15.2. The van der Waals surface area contributed by atoms with Crippen LogP contribution < -0.4 is 19.5 Å². The standard InChI is InChI=1S/C21H24N2O4.ClH/c1-25-18-6-3-2-5-16(18)17-14-22-9-10-23(17)21(24)15-7-8-19-20(13-15)27-12-4-11-26-19;/h2-3,5-8,13,17,22H,4,9-12,14H2,1H3;1H.